The summed E-state index contributed by atoms with van der Waals surface area (Å²) in [6.45, 7) is 8.61. The smallest absolute Gasteiger partial charge is 0.169 e. The minimum atomic E-state index is 0.368. The van der Waals surface area contributed by atoms with Crippen molar-refractivity contribution in [1.82, 2.24) is 10.2 Å². The summed E-state index contributed by atoms with van der Waals surface area (Å²) in [5.41, 5.74) is 0. The van der Waals surface area contributed by atoms with E-state index in [0.717, 1.165) is 43.2 Å². The molecule has 4 heteroatoms. The van der Waals surface area contributed by atoms with Crippen molar-refractivity contribution in [3.05, 3.63) is 0 Å². The van der Waals surface area contributed by atoms with Crippen LogP contribution in [0.25, 0.3) is 0 Å². The van der Waals surface area contributed by atoms with Crippen molar-refractivity contribution in [2.75, 3.05) is 26.2 Å². The van der Waals surface area contributed by atoms with Crippen molar-refractivity contribution in [3.63, 3.8) is 0 Å². The van der Waals surface area contributed by atoms with E-state index in [9.17, 15) is 0 Å². The molecule has 2 aliphatic rings. The number of likely N-dealkylation sites (tertiary alicyclic amines) is 1. The van der Waals surface area contributed by atoms with Gasteiger partial charge in [0.15, 0.2) is 5.11 Å². The molecule has 3 atom stereocenters. The summed E-state index contributed by atoms with van der Waals surface area (Å²) >= 11 is 5.47. The molecule has 0 aromatic rings. The van der Waals surface area contributed by atoms with Gasteiger partial charge < -0.3 is 15.0 Å². The number of ether oxygens (including phenoxy) is 1. The third-order valence-corrected chi connectivity index (χ3v) is 4.06. The van der Waals surface area contributed by atoms with E-state index in [1.165, 1.54) is 19.3 Å². The Labute approximate surface area is 110 Å². The third-order valence-electron chi connectivity index (χ3n) is 3.66. The van der Waals surface area contributed by atoms with Crippen LogP contribution >= 0.6 is 12.2 Å². The first-order valence-corrected chi connectivity index (χ1v) is 7.20. The maximum absolute atomic E-state index is 5.59. The van der Waals surface area contributed by atoms with Gasteiger partial charge in [-0.05, 0) is 43.3 Å². The molecule has 2 saturated heterocycles. The summed E-state index contributed by atoms with van der Waals surface area (Å²) in [5.74, 6) is 1.50. The molecule has 98 valence electrons. The van der Waals surface area contributed by atoms with E-state index in [4.69, 9.17) is 17.0 Å². The van der Waals surface area contributed by atoms with E-state index in [2.05, 4.69) is 24.1 Å². The van der Waals surface area contributed by atoms with Crippen LogP contribution in [0.5, 0.6) is 0 Å². The normalized spacial score (nSPS) is 33.8. The lowest BCUT2D eigenvalue weighted by atomic mass is 9.92. The second-order valence-corrected chi connectivity index (χ2v) is 6.06. The molecule has 1 N–H and O–H groups in total. The minimum Gasteiger partial charge on any atom is -0.376 e. The van der Waals surface area contributed by atoms with Gasteiger partial charge in [0.2, 0.25) is 0 Å². The van der Waals surface area contributed by atoms with Gasteiger partial charge in [-0.3, -0.25) is 0 Å². The van der Waals surface area contributed by atoms with Crippen LogP contribution in [0, 0.1) is 11.8 Å². The van der Waals surface area contributed by atoms with Gasteiger partial charge in [0.1, 0.15) is 0 Å². The molecule has 17 heavy (non-hydrogen) atoms. The molecule has 2 aliphatic heterocycles. The van der Waals surface area contributed by atoms with Gasteiger partial charge >= 0.3 is 0 Å². The van der Waals surface area contributed by atoms with Crippen LogP contribution in [-0.2, 0) is 4.74 Å². The van der Waals surface area contributed by atoms with Gasteiger partial charge in [-0.1, -0.05) is 13.8 Å². The van der Waals surface area contributed by atoms with Gasteiger partial charge in [-0.2, -0.15) is 0 Å². The maximum Gasteiger partial charge on any atom is 0.169 e. The van der Waals surface area contributed by atoms with E-state index >= 15 is 0 Å². The Bertz CT molecular complexity index is 256. The summed E-state index contributed by atoms with van der Waals surface area (Å²) in [4.78, 5) is 2.32. The highest BCUT2D eigenvalue weighted by Gasteiger charge is 2.24. The summed E-state index contributed by atoms with van der Waals surface area (Å²) < 4.78 is 5.59. The third kappa shape index (κ3) is 3.81. The average molecular weight is 256 g/mol. The fraction of sp³-hybridized carbons (Fsp3) is 0.923. The molecular weight excluding hydrogens is 232 g/mol. The van der Waals surface area contributed by atoms with Crippen LogP contribution in [0.1, 0.15) is 33.1 Å². The Morgan fingerprint density at radius 2 is 2.06 bits per heavy atom. The summed E-state index contributed by atoms with van der Waals surface area (Å²) in [6, 6.07) is 0. The second-order valence-electron chi connectivity index (χ2n) is 5.67. The van der Waals surface area contributed by atoms with Crippen LogP contribution in [0.3, 0.4) is 0 Å². The highest BCUT2D eigenvalue weighted by atomic mass is 32.1. The van der Waals surface area contributed by atoms with E-state index in [1.807, 2.05) is 0 Å². The highest BCUT2D eigenvalue weighted by molar-refractivity contribution is 7.80. The van der Waals surface area contributed by atoms with Crippen molar-refractivity contribution in [2.24, 2.45) is 11.8 Å². The van der Waals surface area contributed by atoms with Crippen LogP contribution in [-0.4, -0.2) is 42.4 Å². The van der Waals surface area contributed by atoms with Gasteiger partial charge in [0, 0.05) is 26.2 Å². The zero-order chi connectivity index (χ0) is 12.3. The largest absolute Gasteiger partial charge is 0.376 e. The lowest BCUT2D eigenvalue weighted by Gasteiger charge is -2.37. The first-order chi connectivity index (χ1) is 8.15. The molecule has 0 spiro atoms. The lowest BCUT2D eigenvalue weighted by Crippen LogP contribution is -2.48. The monoisotopic (exact) mass is 256 g/mol. The van der Waals surface area contributed by atoms with Crippen molar-refractivity contribution >= 4 is 17.3 Å². The van der Waals surface area contributed by atoms with Gasteiger partial charge in [0.05, 0.1) is 6.10 Å². The molecule has 0 bridgehead atoms. The Hall–Kier alpha value is -0.350. The van der Waals surface area contributed by atoms with Crippen molar-refractivity contribution in [1.29, 1.82) is 0 Å². The summed E-state index contributed by atoms with van der Waals surface area (Å²) in [5, 5.41) is 4.28. The minimum absolute atomic E-state index is 0.368. The van der Waals surface area contributed by atoms with E-state index in [0.29, 0.717) is 6.10 Å². The van der Waals surface area contributed by atoms with Crippen molar-refractivity contribution < 1.29 is 4.74 Å². The molecule has 3 nitrogen and oxygen atoms in total. The van der Waals surface area contributed by atoms with Crippen LogP contribution < -0.4 is 5.32 Å². The zero-order valence-corrected chi connectivity index (χ0v) is 11.8. The predicted octanol–water partition coefficient (Wildman–Crippen LogP) is 2.02. The standard InChI is InChI=1S/C13H24N2OS/c1-10-6-11(2)9-15(8-10)13(17)14-7-12-4-3-5-16-12/h10-12H,3-9H2,1-2H3,(H,14,17). The van der Waals surface area contributed by atoms with Crippen LogP contribution in [0.15, 0.2) is 0 Å². The number of nitrogens with one attached hydrogen (secondary N) is 1. The average Bonchev–Trinajstić information content (AvgIpc) is 2.77. The summed E-state index contributed by atoms with van der Waals surface area (Å²) in [6.07, 6.45) is 4.05. The highest BCUT2D eigenvalue weighted by Crippen LogP contribution is 2.21. The first-order valence-electron chi connectivity index (χ1n) is 6.79. The van der Waals surface area contributed by atoms with Gasteiger partial charge in [0.25, 0.3) is 0 Å². The number of thiocarbonyl (C=S) groups is 1. The first kappa shape index (κ1) is 13.1. The lowest BCUT2D eigenvalue weighted by molar-refractivity contribution is 0.112. The summed E-state index contributed by atoms with van der Waals surface area (Å²) in [7, 11) is 0. The van der Waals surface area contributed by atoms with Crippen LogP contribution in [0.4, 0.5) is 0 Å². The number of hydrogen-bond acceptors (Lipinski definition) is 2. The van der Waals surface area contributed by atoms with Crippen LogP contribution in [0.2, 0.25) is 0 Å². The van der Waals surface area contributed by atoms with Gasteiger partial charge in [-0.25, -0.2) is 0 Å². The fourth-order valence-electron chi connectivity index (χ4n) is 2.95. The SMILES string of the molecule is CC1CC(C)CN(C(=S)NCC2CCCO2)C1. The molecular formula is C13H24N2OS. The number of nitrogens with zero attached hydrogens (tertiary/aromatic N) is 1. The zero-order valence-electron chi connectivity index (χ0n) is 10.9. The predicted molar refractivity (Wildman–Crippen MR) is 74.1 cm³/mol. The molecule has 3 unspecified atom stereocenters. The van der Waals surface area contributed by atoms with E-state index in [1.54, 1.807) is 0 Å². The molecule has 0 aliphatic carbocycles. The molecule has 0 aromatic carbocycles. The number of rotatable bonds is 2. The fourth-order valence-corrected chi connectivity index (χ4v) is 3.18. The molecule has 2 rings (SSSR count). The molecule has 0 aromatic heterocycles. The quantitative estimate of drug-likeness (QED) is 0.764. The molecule has 2 fully saturated rings. The maximum atomic E-state index is 5.59. The molecule has 0 radical (unpaired) electrons. The Balaban J connectivity index is 1.74. The molecule has 0 amide bonds. The Kier molecular flexibility index (Phi) is 4.62. The van der Waals surface area contributed by atoms with Crippen molar-refractivity contribution in [2.45, 2.75) is 39.2 Å². The number of hydrogen-bond donors (Lipinski definition) is 1. The number of piperidine rings is 1. The Morgan fingerprint density at radius 3 is 2.65 bits per heavy atom. The second kappa shape index (κ2) is 6.01. The van der Waals surface area contributed by atoms with Gasteiger partial charge in [-0.15, -0.1) is 0 Å². The Morgan fingerprint density at radius 1 is 1.35 bits per heavy atom. The van der Waals surface area contributed by atoms with E-state index in [-0.39, 0.29) is 0 Å². The molecule has 0 saturated carbocycles. The molecule has 2 heterocycles. The topological polar surface area (TPSA) is 24.5 Å². The van der Waals surface area contributed by atoms with E-state index < -0.39 is 0 Å². The van der Waals surface area contributed by atoms with Crippen molar-refractivity contribution in [3.8, 4) is 0 Å².